The topological polar surface area (TPSA) is 75.3 Å². The van der Waals surface area contributed by atoms with Gasteiger partial charge in [-0.1, -0.05) is 11.6 Å². The smallest absolute Gasteiger partial charge is 0.349 e. The summed E-state index contributed by atoms with van der Waals surface area (Å²) in [7, 11) is 0. The molecule has 0 fully saturated rings. The van der Waals surface area contributed by atoms with Gasteiger partial charge < -0.3 is 10.2 Å². The van der Waals surface area contributed by atoms with Crippen molar-refractivity contribution >= 4 is 39.9 Å². The number of thiophene rings is 1. The van der Waals surface area contributed by atoms with Gasteiger partial charge in [0.2, 0.25) is 0 Å². The van der Waals surface area contributed by atoms with Crippen molar-refractivity contribution in [2.75, 3.05) is 0 Å². The van der Waals surface area contributed by atoms with Crippen LogP contribution in [-0.2, 0) is 0 Å². The van der Waals surface area contributed by atoms with E-state index in [1.165, 1.54) is 29.1 Å². The van der Waals surface area contributed by atoms with E-state index in [9.17, 15) is 14.3 Å². The third kappa shape index (κ3) is 1.91. The second kappa shape index (κ2) is 4.46. The van der Waals surface area contributed by atoms with Gasteiger partial charge in [-0.3, -0.25) is 4.57 Å². The number of nitrogens with zero attached hydrogens (tertiary/aromatic N) is 2. The second-order valence-corrected chi connectivity index (χ2v) is 5.41. The summed E-state index contributed by atoms with van der Waals surface area (Å²) >= 11 is 6.54. The van der Waals surface area contributed by atoms with Gasteiger partial charge in [0.1, 0.15) is 22.9 Å². The number of rotatable bonds is 2. The highest BCUT2D eigenvalue weighted by Crippen LogP contribution is 2.33. The van der Waals surface area contributed by atoms with Crippen LogP contribution in [0.4, 0.5) is 4.39 Å². The summed E-state index contributed by atoms with van der Waals surface area (Å²) in [5.41, 5.74) is 0.909. The molecule has 2 aromatic heterocycles. The van der Waals surface area contributed by atoms with E-state index in [4.69, 9.17) is 16.7 Å². The maximum Gasteiger partial charge on any atom is 0.349 e. The average molecular weight is 313 g/mol. The number of aromatic nitrogens is 2. The lowest BCUT2D eigenvalue weighted by atomic mass is 10.3. The molecule has 20 heavy (non-hydrogen) atoms. The number of carbonyl (C=O) groups is 1. The predicted octanol–water partition coefficient (Wildman–Crippen LogP) is 3.28. The van der Waals surface area contributed by atoms with Crippen LogP contribution in [0.1, 0.15) is 9.67 Å². The van der Waals surface area contributed by atoms with E-state index >= 15 is 0 Å². The van der Waals surface area contributed by atoms with Crippen LogP contribution in [-0.4, -0.2) is 25.7 Å². The fraction of sp³-hybridized carbons (Fsp3) is 0. The van der Waals surface area contributed by atoms with E-state index < -0.39 is 11.8 Å². The zero-order chi connectivity index (χ0) is 14.4. The van der Waals surface area contributed by atoms with Gasteiger partial charge in [0.25, 0.3) is 0 Å². The molecule has 0 saturated heterocycles. The number of carboxylic acids is 1. The maximum absolute atomic E-state index is 13.5. The third-order valence-electron chi connectivity index (χ3n) is 2.72. The molecule has 0 spiro atoms. The molecule has 0 atom stereocenters. The van der Waals surface area contributed by atoms with Crippen molar-refractivity contribution in [3.8, 4) is 10.8 Å². The van der Waals surface area contributed by atoms with Crippen molar-refractivity contribution in [2.45, 2.75) is 0 Å². The summed E-state index contributed by atoms with van der Waals surface area (Å²) in [5, 5.41) is 18.9. The number of hydrogen-bond acceptors (Lipinski definition) is 4. The van der Waals surface area contributed by atoms with Gasteiger partial charge in [-0.2, -0.15) is 0 Å². The van der Waals surface area contributed by atoms with Gasteiger partial charge in [0.15, 0.2) is 4.88 Å². The van der Waals surface area contributed by atoms with Crippen LogP contribution in [0.2, 0.25) is 5.02 Å². The monoisotopic (exact) mass is 312 g/mol. The average Bonchev–Trinajstić information content (AvgIpc) is 2.93. The van der Waals surface area contributed by atoms with Crippen LogP contribution >= 0.6 is 22.9 Å². The molecular formula is C12H6ClFN2O3S. The van der Waals surface area contributed by atoms with Crippen molar-refractivity contribution in [1.29, 1.82) is 0 Å². The lowest BCUT2D eigenvalue weighted by Crippen LogP contribution is -1.91. The first-order valence-corrected chi connectivity index (χ1v) is 6.55. The fourth-order valence-electron chi connectivity index (χ4n) is 1.82. The zero-order valence-electron chi connectivity index (χ0n) is 9.67. The Balaban J connectivity index is 2.22. The lowest BCUT2D eigenvalue weighted by molar-refractivity contribution is 0.0699. The van der Waals surface area contributed by atoms with Gasteiger partial charge in [0, 0.05) is 12.1 Å². The number of hydrogen-bond donors (Lipinski definition) is 2. The molecule has 0 amide bonds. The Kier molecular flexibility index (Phi) is 2.88. The SMILES string of the molecule is O=C(O)c1sc(-n2cnc3cc(Cl)c(F)cc32)cc1O. The highest BCUT2D eigenvalue weighted by molar-refractivity contribution is 7.16. The van der Waals surface area contributed by atoms with Gasteiger partial charge in [0.05, 0.1) is 16.1 Å². The first-order valence-electron chi connectivity index (χ1n) is 5.36. The Bertz CT molecular complexity index is 843. The first-order chi connectivity index (χ1) is 9.47. The number of halogens is 2. The molecule has 0 saturated carbocycles. The van der Waals surface area contributed by atoms with Crippen molar-refractivity contribution in [3.05, 3.63) is 40.2 Å². The fourth-order valence-corrected chi connectivity index (χ4v) is 2.85. The molecule has 0 bridgehead atoms. The van der Waals surface area contributed by atoms with Crippen LogP contribution in [0.25, 0.3) is 16.0 Å². The van der Waals surface area contributed by atoms with Crippen molar-refractivity contribution in [2.24, 2.45) is 0 Å². The summed E-state index contributed by atoms with van der Waals surface area (Å²) in [6.07, 6.45) is 1.41. The molecule has 0 aliphatic carbocycles. The largest absolute Gasteiger partial charge is 0.506 e. The number of aromatic hydroxyl groups is 1. The molecule has 1 aromatic carbocycles. The van der Waals surface area contributed by atoms with Gasteiger partial charge in [-0.15, -0.1) is 11.3 Å². The van der Waals surface area contributed by atoms with Crippen LogP contribution in [0.15, 0.2) is 24.5 Å². The zero-order valence-corrected chi connectivity index (χ0v) is 11.2. The van der Waals surface area contributed by atoms with Crippen LogP contribution in [0.5, 0.6) is 5.75 Å². The molecular weight excluding hydrogens is 307 g/mol. The highest BCUT2D eigenvalue weighted by Gasteiger charge is 2.17. The highest BCUT2D eigenvalue weighted by atomic mass is 35.5. The summed E-state index contributed by atoms with van der Waals surface area (Å²) in [6.45, 7) is 0. The molecule has 102 valence electrons. The van der Waals surface area contributed by atoms with E-state index in [1.807, 2.05) is 0 Å². The van der Waals surface area contributed by atoms with Crippen molar-refractivity contribution in [3.63, 3.8) is 0 Å². The molecule has 8 heteroatoms. The molecule has 0 aliphatic heterocycles. The normalized spacial score (nSPS) is 11.1. The van der Waals surface area contributed by atoms with E-state index in [2.05, 4.69) is 4.98 Å². The molecule has 3 aromatic rings. The van der Waals surface area contributed by atoms with Crippen molar-refractivity contribution in [1.82, 2.24) is 9.55 Å². The molecule has 0 radical (unpaired) electrons. The van der Waals surface area contributed by atoms with E-state index in [0.717, 1.165) is 11.3 Å². The molecule has 2 N–H and O–H groups in total. The minimum atomic E-state index is -1.22. The minimum Gasteiger partial charge on any atom is -0.506 e. The number of benzene rings is 1. The Morgan fingerprint density at radius 1 is 1.40 bits per heavy atom. The summed E-state index contributed by atoms with van der Waals surface area (Å²) in [6, 6.07) is 3.89. The van der Waals surface area contributed by atoms with Gasteiger partial charge in [-0.25, -0.2) is 14.2 Å². The third-order valence-corrected chi connectivity index (χ3v) is 4.12. The van der Waals surface area contributed by atoms with Gasteiger partial charge in [-0.05, 0) is 6.07 Å². The van der Waals surface area contributed by atoms with Crippen LogP contribution in [0, 0.1) is 5.82 Å². The Hall–Kier alpha value is -2.12. The van der Waals surface area contributed by atoms with Gasteiger partial charge >= 0.3 is 5.97 Å². The quantitative estimate of drug-likeness (QED) is 0.761. The van der Waals surface area contributed by atoms with E-state index in [1.54, 1.807) is 0 Å². The Labute approximate surface area is 120 Å². The predicted molar refractivity (Wildman–Crippen MR) is 72.5 cm³/mol. The number of carboxylic acid groups (broad SMARTS) is 1. The van der Waals surface area contributed by atoms with E-state index in [0.29, 0.717) is 16.0 Å². The number of fused-ring (bicyclic) bond motifs is 1. The molecule has 2 heterocycles. The molecule has 0 aliphatic rings. The Morgan fingerprint density at radius 3 is 2.80 bits per heavy atom. The van der Waals surface area contributed by atoms with Crippen LogP contribution in [0.3, 0.4) is 0 Å². The molecule has 3 rings (SSSR count). The molecule has 0 unspecified atom stereocenters. The molecule has 5 nitrogen and oxygen atoms in total. The second-order valence-electron chi connectivity index (χ2n) is 3.97. The summed E-state index contributed by atoms with van der Waals surface area (Å²) in [4.78, 5) is 14.8. The Morgan fingerprint density at radius 2 is 2.15 bits per heavy atom. The first kappa shape index (κ1) is 12.9. The number of aromatic carboxylic acids is 1. The summed E-state index contributed by atoms with van der Waals surface area (Å²) in [5.74, 6) is -2.16. The maximum atomic E-state index is 13.5. The minimum absolute atomic E-state index is 0.0389. The standard InChI is InChI=1S/C12H6ClFN2O3S/c13-5-1-7-8(2-6(5)14)16(4-15-7)10-3-9(17)11(20-10)12(18)19/h1-4,17H,(H,18,19). The van der Waals surface area contributed by atoms with E-state index in [-0.39, 0.29) is 15.6 Å². The van der Waals surface area contributed by atoms with Crippen LogP contribution < -0.4 is 0 Å². The number of imidazole rings is 1. The summed E-state index contributed by atoms with van der Waals surface area (Å²) < 4.78 is 15.0. The lowest BCUT2D eigenvalue weighted by Gasteiger charge is -2.00. The van der Waals surface area contributed by atoms with Crippen molar-refractivity contribution < 1.29 is 19.4 Å².